The molecule has 23 heavy (non-hydrogen) atoms. The fourth-order valence-electron chi connectivity index (χ4n) is 2.08. The van der Waals surface area contributed by atoms with E-state index in [1.54, 1.807) is 11.3 Å². The van der Waals surface area contributed by atoms with E-state index < -0.39 is 5.25 Å². The maximum Gasteiger partial charge on any atom is 0.323 e. The number of H-pyrrole nitrogens is 1. The van der Waals surface area contributed by atoms with Crippen LogP contribution in [0.15, 0.2) is 53.0 Å². The Morgan fingerprint density at radius 2 is 2.13 bits per heavy atom. The van der Waals surface area contributed by atoms with Crippen molar-refractivity contribution in [3.63, 3.8) is 0 Å². The van der Waals surface area contributed by atoms with Gasteiger partial charge in [-0.05, 0) is 17.0 Å². The van der Waals surface area contributed by atoms with E-state index in [9.17, 15) is 4.79 Å². The van der Waals surface area contributed by atoms with Crippen LogP contribution in [-0.4, -0.2) is 28.3 Å². The summed E-state index contributed by atoms with van der Waals surface area (Å²) in [6.45, 7) is 0. The highest BCUT2D eigenvalue weighted by atomic mass is 32.2. The first-order valence-electron chi connectivity index (χ1n) is 6.99. The fraction of sp³-hybridized carbons (Fsp3) is 0.188. The molecule has 5 nitrogen and oxygen atoms in total. The van der Waals surface area contributed by atoms with Gasteiger partial charge >= 0.3 is 5.97 Å². The van der Waals surface area contributed by atoms with Crippen molar-refractivity contribution < 1.29 is 9.53 Å². The topological polar surface area (TPSA) is 67.9 Å². The molecule has 2 heterocycles. The molecule has 1 aromatic carbocycles. The number of nitrogens with one attached hydrogen (secondary N) is 1. The molecule has 0 saturated heterocycles. The Hall–Kier alpha value is -2.12. The van der Waals surface area contributed by atoms with Crippen molar-refractivity contribution in [3.8, 4) is 0 Å². The minimum atomic E-state index is -0.480. The van der Waals surface area contributed by atoms with E-state index in [-0.39, 0.29) is 5.97 Å². The molecule has 3 rings (SSSR count). The number of benzene rings is 1. The molecule has 0 bridgehead atoms. The molecule has 1 N–H and O–H groups in total. The van der Waals surface area contributed by atoms with E-state index >= 15 is 0 Å². The van der Waals surface area contributed by atoms with Crippen LogP contribution < -0.4 is 0 Å². The number of rotatable bonds is 6. The number of thioether (sulfide) groups is 1. The predicted molar refractivity (Wildman–Crippen MR) is 90.6 cm³/mol. The van der Waals surface area contributed by atoms with Crippen LogP contribution in [0.1, 0.15) is 21.5 Å². The number of ether oxygens (including phenoxy) is 1. The summed E-state index contributed by atoms with van der Waals surface area (Å²) < 4.78 is 4.91. The second-order valence-corrected chi connectivity index (χ2v) is 6.86. The van der Waals surface area contributed by atoms with E-state index in [0.29, 0.717) is 11.6 Å². The van der Waals surface area contributed by atoms with Gasteiger partial charge in [-0.1, -0.05) is 48.2 Å². The van der Waals surface area contributed by atoms with Gasteiger partial charge in [-0.2, -0.15) is 0 Å². The van der Waals surface area contributed by atoms with Gasteiger partial charge in [-0.25, -0.2) is 4.98 Å². The lowest BCUT2D eigenvalue weighted by Crippen LogP contribution is -2.11. The van der Waals surface area contributed by atoms with Crippen LogP contribution in [0.3, 0.4) is 0 Å². The third-order valence-electron chi connectivity index (χ3n) is 3.17. The third-order valence-corrected chi connectivity index (χ3v) is 5.14. The summed E-state index contributed by atoms with van der Waals surface area (Å²) in [5.41, 5.74) is 0.869. The molecule has 0 spiro atoms. The Balaban J connectivity index is 1.75. The molecular weight excluding hydrogens is 330 g/mol. The molecule has 3 aromatic rings. The Morgan fingerprint density at radius 3 is 2.83 bits per heavy atom. The van der Waals surface area contributed by atoms with Crippen molar-refractivity contribution in [1.29, 1.82) is 0 Å². The molecule has 118 valence electrons. The first-order valence-corrected chi connectivity index (χ1v) is 8.75. The standard InChI is InChI=1S/C16H15N3O2S2/c1-21-15(20)14(11-6-3-2-4-7-11)23-16-17-13(18-19-16)10-12-8-5-9-22-12/h2-9,14H,10H2,1H3,(H,17,18,19). The van der Waals surface area contributed by atoms with Crippen LogP contribution in [-0.2, 0) is 16.0 Å². The molecule has 0 aliphatic heterocycles. The summed E-state index contributed by atoms with van der Waals surface area (Å²) in [5, 5.41) is 9.22. The molecular formula is C16H15N3O2S2. The zero-order valence-electron chi connectivity index (χ0n) is 12.4. The Morgan fingerprint density at radius 1 is 1.30 bits per heavy atom. The van der Waals surface area contributed by atoms with E-state index in [2.05, 4.69) is 21.2 Å². The van der Waals surface area contributed by atoms with Crippen molar-refractivity contribution in [2.45, 2.75) is 16.8 Å². The van der Waals surface area contributed by atoms with E-state index in [1.807, 2.05) is 41.8 Å². The SMILES string of the molecule is COC(=O)C(Sc1n[nH]c(Cc2cccs2)n1)c1ccccc1. The van der Waals surface area contributed by atoms with Gasteiger partial charge < -0.3 is 4.74 Å². The molecule has 7 heteroatoms. The van der Waals surface area contributed by atoms with Crippen LogP contribution in [0.25, 0.3) is 0 Å². The van der Waals surface area contributed by atoms with Crippen molar-refractivity contribution in [2.24, 2.45) is 0 Å². The van der Waals surface area contributed by atoms with Gasteiger partial charge in [0.15, 0.2) is 0 Å². The number of carbonyl (C=O) groups is 1. The number of carbonyl (C=O) groups excluding carboxylic acids is 1. The minimum Gasteiger partial charge on any atom is -0.468 e. The zero-order chi connectivity index (χ0) is 16.1. The van der Waals surface area contributed by atoms with Crippen molar-refractivity contribution in [2.75, 3.05) is 7.11 Å². The molecule has 0 amide bonds. The molecule has 0 aliphatic rings. The number of thiophene rings is 1. The molecule has 0 aliphatic carbocycles. The van der Waals surface area contributed by atoms with E-state index in [4.69, 9.17) is 4.74 Å². The maximum absolute atomic E-state index is 12.1. The van der Waals surface area contributed by atoms with Crippen LogP contribution in [0.5, 0.6) is 0 Å². The lowest BCUT2D eigenvalue weighted by atomic mass is 10.1. The highest BCUT2D eigenvalue weighted by Crippen LogP contribution is 2.34. The largest absolute Gasteiger partial charge is 0.468 e. The smallest absolute Gasteiger partial charge is 0.323 e. The first-order chi connectivity index (χ1) is 11.3. The number of aromatic amines is 1. The van der Waals surface area contributed by atoms with Gasteiger partial charge in [0.2, 0.25) is 5.16 Å². The quantitative estimate of drug-likeness (QED) is 0.547. The summed E-state index contributed by atoms with van der Waals surface area (Å²) in [5.74, 6) is 0.470. The summed E-state index contributed by atoms with van der Waals surface area (Å²) in [6.07, 6.45) is 0.708. The predicted octanol–water partition coefficient (Wildman–Crippen LogP) is 3.46. The number of esters is 1. The fourth-order valence-corrected chi connectivity index (χ4v) is 3.75. The third kappa shape index (κ3) is 4.00. The Kier molecular flexibility index (Phi) is 5.09. The molecule has 0 radical (unpaired) electrons. The highest BCUT2D eigenvalue weighted by molar-refractivity contribution is 8.00. The normalized spacial score (nSPS) is 12.0. The van der Waals surface area contributed by atoms with Crippen molar-refractivity contribution >= 4 is 29.1 Å². The first kappa shape index (κ1) is 15.8. The van der Waals surface area contributed by atoms with Crippen molar-refractivity contribution in [3.05, 3.63) is 64.1 Å². The molecule has 0 saturated carbocycles. The second-order valence-electron chi connectivity index (χ2n) is 4.75. The lowest BCUT2D eigenvalue weighted by molar-refractivity contribution is -0.140. The average molecular weight is 345 g/mol. The number of methoxy groups -OCH3 is 1. The number of nitrogens with zero attached hydrogens (tertiary/aromatic N) is 2. The summed E-state index contributed by atoms with van der Waals surface area (Å²) in [4.78, 5) is 17.7. The van der Waals surface area contributed by atoms with Gasteiger partial charge in [-0.3, -0.25) is 9.89 Å². The zero-order valence-corrected chi connectivity index (χ0v) is 14.1. The van der Waals surface area contributed by atoms with Crippen LogP contribution in [0, 0.1) is 0 Å². The van der Waals surface area contributed by atoms with Gasteiger partial charge in [-0.15, -0.1) is 16.4 Å². The number of hydrogen-bond acceptors (Lipinski definition) is 6. The van der Waals surface area contributed by atoms with Gasteiger partial charge in [0.05, 0.1) is 7.11 Å². The molecule has 1 unspecified atom stereocenters. The summed E-state index contributed by atoms with van der Waals surface area (Å²) >= 11 is 2.96. The average Bonchev–Trinajstić information content (AvgIpc) is 3.25. The van der Waals surface area contributed by atoms with Crippen LogP contribution >= 0.6 is 23.1 Å². The number of aromatic nitrogens is 3. The van der Waals surface area contributed by atoms with Gasteiger partial charge in [0, 0.05) is 11.3 Å². The Bertz CT molecular complexity index is 757. The monoisotopic (exact) mass is 345 g/mol. The summed E-state index contributed by atoms with van der Waals surface area (Å²) in [6, 6.07) is 13.6. The van der Waals surface area contributed by atoms with Crippen LogP contribution in [0.2, 0.25) is 0 Å². The minimum absolute atomic E-state index is 0.314. The highest BCUT2D eigenvalue weighted by Gasteiger charge is 2.24. The molecule has 2 aromatic heterocycles. The van der Waals surface area contributed by atoms with Crippen molar-refractivity contribution in [1.82, 2.24) is 15.2 Å². The van der Waals surface area contributed by atoms with E-state index in [0.717, 1.165) is 11.4 Å². The van der Waals surface area contributed by atoms with Gasteiger partial charge in [0.1, 0.15) is 11.1 Å². The van der Waals surface area contributed by atoms with Gasteiger partial charge in [0.25, 0.3) is 0 Å². The molecule has 1 atom stereocenters. The Labute approximate surface area is 142 Å². The molecule has 0 fully saturated rings. The lowest BCUT2D eigenvalue weighted by Gasteiger charge is -2.12. The maximum atomic E-state index is 12.1. The van der Waals surface area contributed by atoms with Crippen LogP contribution in [0.4, 0.5) is 0 Å². The van der Waals surface area contributed by atoms with E-state index in [1.165, 1.54) is 23.7 Å². The number of hydrogen-bond donors (Lipinski definition) is 1. The second kappa shape index (κ2) is 7.43. The summed E-state index contributed by atoms with van der Waals surface area (Å²) in [7, 11) is 1.39.